The van der Waals surface area contributed by atoms with Gasteiger partial charge in [-0.2, -0.15) is 11.8 Å². The monoisotopic (exact) mass is 226 g/mol. The third kappa shape index (κ3) is 2.44. The van der Waals surface area contributed by atoms with Crippen molar-refractivity contribution in [1.82, 2.24) is 9.97 Å². The molecule has 1 aliphatic rings. The van der Waals surface area contributed by atoms with Crippen molar-refractivity contribution in [2.75, 3.05) is 29.1 Å². The standard InChI is InChI=1S/C9H14N4OS/c10-7-8(12-5-13-9(7)14)11-3-6-1-2-15-4-6/h5-6H,1-4,10H2,(H2,11,12,13,14). The summed E-state index contributed by atoms with van der Waals surface area (Å²) in [5.74, 6) is 3.56. The van der Waals surface area contributed by atoms with Gasteiger partial charge in [0.25, 0.3) is 5.56 Å². The first kappa shape index (κ1) is 10.4. The number of anilines is 2. The summed E-state index contributed by atoms with van der Waals surface area (Å²) in [7, 11) is 0. The lowest BCUT2D eigenvalue weighted by molar-refractivity contribution is 0.630. The number of aromatic nitrogens is 2. The Morgan fingerprint density at radius 2 is 2.60 bits per heavy atom. The first-order chi connectivity index (χ1) is 7.27. The second-order valence-electron chi connectivity index (χ2n) is 3.60. The fourth-order valence-electron chi connectivity index (χ4n) is 1.54. The number of nitrogen functional groups attached to an aromatic ring is 1. The average Bonchev–Trinajstić information content (AvgIpc) is 2.73. The van der Waals surface area contributed by atoms with Gasteiger partial charge in [-0.3, -0.25) is 4.79 Å². The van der Waals surface area contributed by atoms with Gasteiger partial charge in [0.2, 0.25) is 0 Å². The first-order valence-corrected chi connectivity index (χ1v) is 6.07. The number of hydrogen-bond acceptors (Lipinski definition) is 5. The van der Waals surface area contributed by atoms with Crippen LogP contribution in [0.4, 0.5) is 11.5 Å². The Morgan fingerprint density at radius 3 is 3.33 bits per heavy atom. The third-order valence-corrected chi connectivity index (χ3v) is 3.70. The van der Waals surface area contributed by atoms with Gasteiger partial charge in [-0.1, -0.05) is 0 Å². The predicted molar refractivity (Wildman–Crippen MR) is 63.2 cm³/mol. The number of H-pyrrole nitrogens is 1. The summed E-state index contributed by atoms with van der Waals surface area (Å²) >= 11 is 1.97. The summed E-state index contributed by atoms with van der Waals surface area (Å²) in [4.78, 5) is 17.6. The molecule has 2 rings (SSSR count). The molecule has 1 aromatic heterocycles. The number of aromatic amines is 1. The lowest BCUT2D eigenvalue weighted by Gasteiger charge is -2.11. The van der Waals surface area contributed by atoms with Crippen LogP contribution < -0.4 is 16.6 Å². The molecular formula is C9H14N4OS. The molecule has 0 bridgehead atoms. The van der Waals surface area contributed by atoms with Gasteiger partial charge in [0.1, 0.15) is 5.69 Å². The maximum Gasteiger partial charge on any atom is 0.276 e. The molecule has 1 saturated heterocycles. The molecule has 4 N–H and O–H groups in total. The molecule has 1 unspecified atom stereocenters. The van der Waals surface area contributed by atoms with Crippen LogP contribution in [0.1, 0.15) is 6.42 Å². The Labute approximate surface area is 91.9 Å². The lowest BCUT2D eigenvalue weighted by Crippen LogP contribution is -2.19. The van der Waals surface area contributed by atoms with E-state index in [9.17, 15) is 4.79 Å². The van der Waals surface area contributed by atoms with Crippen LogP contribution in [0.15, 0.2) is 11.1 Å². The van der Waals surface area contributed by atoms with E-state index >= 15 is 0 Å². The van der Waals surface area contributed by atoms with Crippen molar-refractivity contribution in [3.63, 3.8) is 0 Å². The summed E-state index contributed by atoms with van der Waals surface area (Å²) in [6.45, 7) is 0.841. The van der Waals surface area contributed by atoms with Gasteiger partial charge in [0.15, 0.2) is 5.82 Å². The van der Waals surface area contributed by atoms with E-state index in [1.807, 2.05) is 11.8 Å². The summed E-state index contributed by atoms with van der Waals surface area (Å²) in [6, 6.07) is 0. The fraction of sp³-hybridized carbons (Fsp3) is 0.556. The van der Waals surface area contributed by atoms with Gasteiger partial charge in [0, 0.05) is 6.54 Å². The Balaban J connectivity index is 1.98. The van der Waals surface area contributed by atoms with Crippen LogP contribution in [0.25, 0.3) is 0 Å². The zero-order valence-electron chi connectivity index (χ0n) is 8.32. The van der Waals surface area contributed by atoms with E-state index < -0.39 is 0 Å². The van der Waals surface area contributed by atoms with Crippen LogP contribution in [0, 0.1) is 5.92 Å². The first-order valence-electron chi connectivity index (χ1n) is 4.92. The minimum atomic E-state index is -0.284. The van der Waals surface area contributed by atoms with Crippen LogP contribution >= 0.6 is 11.8 Å². The van der Waals surface area contributed by atoms with Crippen molar-refractivity contribution in [2.45, 2.75) is 6.42 Å². The molecule has 82 valence electrons. The van der Waals surface area contributed by atoms with E-state index in [4.69, 9.17) is 5.73 Å². The summed E-state index contributed by atoms with van der Waals surface area (Å²) < 4.78 is 0. The van der Waals surface area contributed by atoms with E-state index in [2.05, 4.69) is 15.3 Å². The molecule has 0 saturated carbocycles. The van der Waals surface area contributed by atoms with Crippen LogP contribution in [0.2, 0.25) is 0 Å². The van der Waals surface area contributed by atoms with Gasteiger partial charge in [-0.15, -0.1) is 0 Å². The Morgan fingerprint density at radius 1 is 1.73 bits per heavy atom. The molecule has 5 nitrogen and oxygen atoms in total. The summed E-state index contributed by atoms with van der Waals surface area (Å²) in [6.07, 6.45) is 2.59. The highest BCUT2D eigenvalue weighted by Crippen LogP contribution is 2.23. The van der Waals surface area contributed by atoms with Crippen LogP contribution in [-0.2, 0) is 0 Å². The second kappa shape index (κ2) is 4.57. The molecule has 6 heteroatoms. The molecule has 0 aliphatic carbocycles. The minimum Gasteiger partial charge on any atom is -0.391 e. The second-order valence-corrected chi connectivity index (χ2v) is 4.75. The quantitative estimate of drug-likeness (QED) is 0.699. The topological polar surface area (TPSA) is 83.8 Å². The van der Waals surface area contributed by atoms with Gasteiger partial charge < -0.3 is 16.0 Å². The van der Waals surface area contributed by atoms with E-state index in [1.54, 1.807) is 0 Å². The van der Waals surface area contributed by atoms with Crippen molar-refractivity contribution in [3.05, 3.63) is 16.7 Å². The highest BCUT2D eigenvalue weighted by molar-refractivity contribution is 7.99. The van der Waals surface area contributed by atoms with Gasteiger partial charge in [-0.25, -0.2) is 4.98 Å². The van der Waals surface area contributed by atoms with Crippen molar-refractivity contribution < 1.29 is 0 Å². The lowest BCUT2D eigenvalue weighted by atomic mass is 10.1. The van der Waals surface area contributed by atoms with Gasteiger partial charge in [-0.05, 0) is 23.8 Å². The van der Waals surface area contributed by atoms with E-state index in [-0.39, 0.29) is 11.2 Å². The van der Waals surface area contributed by atoms with Crippen molar-refractivity contribution in [3.8, 4) is 0 Å². The van der Waals surface area contributed by atoms with Gasteiger partial charge in [0.05, 0.1) is 6.33 Å². The number of hydrogen-bond donors (Lipinski definition) is 3. The Hall–Kier alpha value is -1.17. The molecule has 0 radical (unpaired) electrons. The minimum absolute atomic E-state index is 0.170. The fourth-order valence-corrected chi connectivity index (χ4v) is 2.82. The molecule has 2 heterocycles. The van der Waals surface area contributed by atoms with Crippen molar-refractivity contribution in [1.29, 1.82) is 0 Å². The maximum absolute atomic E-state index is 11.2. The summed E-state index contributed by atoms with van der Waals surface area (Å²) in [5.41, 5.74) is 5.48. The van der Waals surface area contributed by atoms with E-state index in [0.29, 0.717) is 11.7 Å². The highest BCUT2D eigenvalue weighted by Gasteiger charge is 2.15. The maximum atomic E-state index is 11.2. The number of nitrogens with zero attached hydrogens (tertiary/aromatic N) is 1. The summed E-state index contributed by atoms with van der Waals surface area (Å²) in [5, 5.41) is 3.13. The Bertz CT molecular complexity index is 386. The number of rotatable bonds is 3. The predicted octanol–water partition coefficient (Wildman–Crippen LogP) is 0.517. The van der Waals surface area contributed by atoms with E-state index in [1.165, 1.54) is 24.3 Å². The SMILES string of the molecule is Nc1c(NCC2CCSC2)nc[nH]c1=O. The number of nitrogens with one attached hydrogen (secondary N) is 2. The number of thioether (sulfide) groups is 1. The molecule has 15 heavy (non-hydrogen) atoms. The normalized spacial score (nSPS) is 20.4. The third-order valence-electron chi connectivity index (χ3n) is 2.47. The molecule has 0 aromatic carbocycles. The van der Waals surface area contributed by atoms with Crippen LogP contribution in [-0.4, -0.2) is 28.0 Å². The van der Waals surface area contributed by atoms with Crippen molar-refractivity contribution in [2.24, 2.45) is 5.92 Å². The largest absolute Gasteiger partial charge is 0.391 e. The highest BCUT2D eigenvalue weighted by atomic mass is 32.2. The van der Waals surface area contributed by atoms with Crippen molar-refractivity contribution >= 4 is 23.3 Å². The Kier molecular flexibility index (Phi) is 3.15. The number of nitrogens with two attached hydrogens (primary N) is 1. The zero-order valence-corrected chi connectivity index (χ0v) is 9.14. The molecular weight excluding hydrogens is 212 g/mol. The molecule has 1 aromatic rings. The average molecular weight is 226 g/mol. The van der Waals surface area contributed by atoms with E-state index in [0.717, 1.165) is 6.54 Å². The zero-order chi connectivity index (χ0) is 10.7. The van der Waals surface area contributed by atoms with Gasteiger partial charge >= 0.3 is 0 Å². The molecule has 0 amide bonds. The molecule has 1 fully saturated rings. The molecule has 0 spiro atoms. The molecule has 1 atom stereocenters. The molecule has 1 aliphatic heterocycles. The van der Waals surface area contributed by atoms with Crippen LogP contribution in [0.3, 0.4) is 0 Å². The van der Waals surface area contributed by atoms with Crippen LogP contribution in [0.5, 0.6) is 0 Å². The smallest absolute Gasteiger partial charge is 0.276 e.